The van der Waals surface area contributed by atoms with Gasteiger partial charge in [0, 0.05) is 35.4 Å². The molecule has 0 saturated carbocycles. The molecule has 0 aliphatic carbocycles. The van der Waals surface area contributed by atoms with E-state index in [1.54, 1.807) is 29.2 Å². The number of anilines is 2. The van der Waals surface area contributed by atoms with Crippen molar-refractivity contribution < 1.29 is 14.7 Å². The SMILES string of the molecule is CC(C)[C@@H](NC(=O)c1ccc(Nc2ccccc2)nc1)C(=O)N1CC[C@](O)(c2ccc(Cl)cc2)C(C)(C)C1. The monoisotopic (exact) mass is 534 g/mol. The van der Waals surface area contributed by atoms with E-state index in [0.717, 1.165) is 11.3 Å². The van der Waals surface area contributed by atoms with Crippen LogP contribution in [-0.2, 0) is 10.4 Å². The van der Waals surface area contributed by atoms with Crippen molar-refractivity contribution in [3.8, 4) is 0 Å². The number of para-hydroxylation sites is 1. The largest absolute Gasteiger partial charge is 0.384 e. The van der Waals surface area contributed by atoms with Gasteiger partial charge in [-0.05, 0) is 54.3 Å². The molecule has 38 heavy (non-hydrogen) atoms. The first-order valence-corrected chi connectivity index (χ1v) is 13.2. The second kappa shape index (κ2) is 11.1. The Morgan fingerprint density at radius 3 is 2.29 bits per heavy atom. The summed E-state index contributed by atoms with van der Waals surface area (Å²) in [5, 5.41) is 18.4. The first-order valence-electron chi connectivity index (χ1n) is 12.9. The lowest BCUT2D eigenvalue weighted by molar-refractivity contribution is -0.155. The van der Waals surface area contributed by atoms with Gasteiger partial charge in [-0.2, -0.15) is 0 Å². The molecule has 0 bridgehead atoms. The predicted molar refractivity (Wildman–Crippen MR) is 150 cm³/mol. The molecule has 4 rings (SSSR count). The van der Waals surface area contributed by atoms with Crippen LogP contribution in [0.25, 0.3) is 0 Å². The second-order valence-electron chi connectivity index (χ2n) is 10.9. The van der Waals surface area contributed by atoms with Crippen molar-refractivity contribution in [3.05, 3.63) is 89.1 Å². The highest BCUT2D eigenvalue weighted by Gasteiger charge is 2.50. The van der Waals surface area contributed by atoms with Gasteiger partial charge in [0.25, 0.3) is 5.91 Å². The fourth-order valence-corrected chi connectivity index (χ4v) is 5.10. The average molecular weight is 535 g/mol. The maximum atomic E-state index is 13.6. The molecule has 2 atom stereocenters. The lowest BCUT2D eigenvalue weighted by Crippen LogP contribution is -2.60. The molecule has 0 spiro atoms. The van der Waals surface area contributed by atoms with Crippen LogP contribution in [0.2, 0.25) is 5.02 Å². The molecular weight excluding hydrogens is 500 g/mol. The van der Waals surface area contributed by atoms with Crippen LogP contribution >= 0.6 is 11.6 Å². The molecule has 2 amide bonds. The molecule has 2 heterocycles. The van der Waals surface area contributed by atoms with E-state index in [9.17, 15) is 14.7 Å². The highest BCUT2D eigenvalue weighted by atomic mass is 35.5. The number of piperidine rings is 1. The van der Waals surface area contributed by atoms with Crippen LogP contribution < -0.4 is 10.6 Å². The molecule has 0 radical (unpaired) electrons. The first kappa shape index (κ1) is 27.6. The first-order chi connectivity index (χ1) is 18.0. The number of aromatic nitrogens is 1. The molecule has 1 saturated heterocycles. The molecule has 1 aliphatic heterocycles. The van der Waals surface area contributed by atoms with Crippen molar-refractivity contribution in [1.29, 1.82) is 0 Å². The molecule has 1 aliphatic rings. The Balaban J connectivity index is 1.43. The number of carbonyl (C=O) groups is 2. The van der Waals surface area contributed by atoms with E-state index < -0.39 is 17.1 Å². The van der Waals surface area contributed by atoms with Crippen molar-refractivity contribution in [2.75, 3.05) is 18.4 Å². The molecule has 8 heteroatoms. The molecule has 200 valence electrons. The molecule has 7 nitrogen and oxygen atoms in total. The third-order valence-corrected chi connectivity index (χ3v) is 7.63. The topological polar surface area (TPSA) is 94.6 Å². The normalized spacial score (nSPS) is 19.6. The van der Waals surface area contributed by atoms with Gasteiger partial charge in [-0.1, -0.05) is 69.6 Å². The minimum Gasteiger partial charge on any atom is -0.384 e. The Labute approximate surface area is 229 Å². The third kappa shape index (κ3) is 5.84. The highest BCUT2D eigenvalue weighted by Crippen LogP contribution is 2.46. The van der Waals surface area contributed by atoms with Crippen LogP contribution in [0.1, 0.15) is 50.0 Å². The predicted octanol–water partition coefficient (Wildman–Crippen LogP) is 5.38. The summed E-state index contributed by atoms with van der Waals surface area (Å²) in [5.41, 5.74) is 0.330. The third-order valence-electron chi connectivity index (χ3n) is 7.37. The van der Waals surface area contributed by atoms with E-state index in [4.69, 9.17) is 11.6 Å². The van der Waals surface area contributed by atoms with Gasteiger partial charge in [0.05, 0.1) is 11.2 Å². The van der Waals surface area contributed by atoms with Crippen molar-refractivity contribution >= 4 is 34.9 Å². The fourth-order valence-electron chi connectivity index (χ4n) is 4.98. The number of benzene rings is 2. The number of hydrogen-bond acceptors (Lipinski definition) is 5. The number of hydrogen-bond donors (Lipinski definition) is 3. The van der Waals surface area contributed by atoms with Crippen molar-refractivity contribution in [1.82, 2.24) is 15.2 Å². The molecule has 0 unspecified atom stereocenters. The lowest BCUT2D eigenvalue weighted by atomic mass is 9.66. The number of nitrogens with one attached hydrogen (secondary N) is 2. The zero-order valence-corrected chi connectivity index (χ0v) is 23.0. The Morgan fingerprint density at radius 1 is 1.03 bits per heavy atom. The Bertz CT molecular complexity index is 1260. The minimum absolute atomic E-state index is 0.126. The summed E-state index contributed by atoms with van der Waals surface area (Å²) in [6, 6.07) is 19.6. The second-order valence-corrected chi connectivity index (χ2v) is 11.3. The summed E-state index contributed by atoms with van der Waals surface area (Å²) in [4.78, 5) is 32.8. The minimum atomic E-state index is -1.11. The van der Waals surface area contributed by atoms with Gasteiger partial charge in [-0.15, -0.1) is 0 Å². The highest BCUT2D eigenvalue weighted by molar-refractivity contribution is 6.30. The standard InChI is InChI=1S/C30H35ClN4O3/c1-20(2)26(34-27(36)21-10-15-25(32-18-21)33-24-8-6-5-7-9-24)28(37)35-17-16-30(38,29(3,4)19-35)22-11-13-23(31)14-12-22/h5-15,18,20,26,38H,16-17,19H2,1-4H3,(H,32,33)(H,34,36)/t26-,30+/m1/s1. The van der Waals surface area contributed by atoms with Gasteiger partial charge in [0.15, 0.2) is 0 Å². The Kier molecular flexibility index (Phi) is 8.09. The number of nitrogens with zero attached hydrogens (tertiary/aromatic N) is 2. The summed E-state index contributed by atoms with van der Waals surface area (Å²) in [7, 11) is 0. The summed E-state index contributed by atoms with van der Waals surface area (Å²) in [5.74, 6) is -0.0220. The van der Waals surface area contributed by atoms with Gasteiger partial charge < -0.3 is 20.6 Å². The maximum absolute atomic E-state index is 13.6. The summed E-state index contributed by atoms with van der Waals surface area (Å²) >= 11 is 6.05. The van der Waals surface area contributed by atoms with Crippen LogP contribution in [0, 0.1) is 11.3 Å². The number of rotatable bonds is 7. The van der Waals surface area contributed by atoms with Crippen LogP contribution in [-0.4, -0.2) is 45.9 Å². The van der Waals surface area contributed by atoms with E-state index >= 15 is 0 Å². The van der Waals surface area contributed by atoms with Gasteiger partial charge in [0.1, 0.15) is 11.9 Å². The zero-order chi connectivity index (χ0) is 27.5. The molecule has 2 aromatic carbocycles. The van der Waals surface area contributed by atoms with Gasteiger partial charge in [-0.3, -0.25) is 9.59 Å². The number of halogens is 1. The van der Waals surface area contributed by atoms with Crippen LogP contribution in [0.5, 0.6) is 0 Å². The van der Waals surface area contributed by atoms with Gasteiger partial charge >= 0.3 is 0 Å². The van der Waals surface area contributed by atoms with E-state index in [-0.39, 0.29) is 17.7 Å². The van der Waals surface area contributed by atoms with E-state index in [1.807, 2.05) is 70.2 Å². The number of pyridine rings is 1. The zero-order valence-electron chi connectivity index (χ0n) is 22.2. The number of aliphatic hydroxyl groups is 1. The van der Waals surface area contributed by atoms with Gasteiger partial charge in [0.2, 0.25) is 5.91 Å². The fraction of sp³-hybridized carbons (Fsp3) is 0.367. The lowest BCUT2D eigenvalue weighted by Gasteiger charge is -2.51. The number of carbonyl (C=O) groups excluding carboxylic acids is 2. The van der Waals surface area contributed by atoms with E-state index in [0.29, 0.717) is 35.9 Å². The molecule has 3 N–H and O–H groups in total. The Hall–Kier alpha value is -3.42. The van der Waals surface area contributed by atoms with E-state index in [2.05, 4.69) is 15.6 Å². The molecule has 3 aromatic rings. The average Bonchev–Trinajstić information content (AvgIpc) is 2.89. The summed E-state index contributed by atoms with van der Waals surface area (Å²) < 4.78 is 0. The van der Waals surface area contributed by atoms with Crippen molar-refractivity contribution in [2.45, 2.75) is 45.8 Å². The smallest absolute Gasteiger partial charge is 0.253 e. The number of likely N-dealkylation sites (tertiary alicyclic amines) is 1. The van der Waals surface area contributed by atoms with Crippen LogP contribution in [0.15, 0.2) is 72.9 Å². The summed E-state index contributed by atoms with van der Waals surface area (Å²) in [6.45, 7) is 8.47. The van der Waals surface area contributed by atoms with E-state index in [1.165, 1.54) is 6.20 Å². The molecule has 1 fully saturated rings. The van der Waals surface area contributed by atoms with Crippen LogP contribution in [0.3, 0.4) is 0 Å². The Morgan fingerprint density at radius 2 is 1.71 bits per heavy atom. The van der Waals surface area contributed by atoms with Crippen molar-refractivity contribution in [2.24, 2.45) is 11.3 Å². The van der Waals surface area contributed by atoms with Gasteiger partial charge in [-0.25, -0.2) is 4.98 Å². The molecular formula is C30H35ClN4O3. The maximum Gasteiger partial charge on any atom is 0.253 e. The van der Waals surface area contributed by atoms with Crippen LogP contribution in [0.4, 0.5) is 11.5 Å². The van der Waals surface area contributed by atoms with Crippen molar-refractivity contribution in [3.63, 3.8) is 0 Å². The number of amides is 2. The molecule has 1 aromatic heterocycles. The summed E-state index contributed by atoms with van der Waals surface area (Å²) in [6.07, 6.45) is 1.88. The quantitative estimate of drug-likeness (QED) is 0.378.